The van der Waals surface area contributed by atoms with Crippen molar-refractivity contribution < 1.29 is 29.7 Å². The van der Waals surface area contributed by atoms with Crippen LogP contribution < -0.4 is 4.74 Å². The van der Waals surface area contributed by atoms with E-state index in [4.69, 9.17) is 4.74 Å². The molecule has 1 aromatic rings. The highest BCUT2D eigenvalue weighted by atomic mass is 16.9. The van der Waals surface area contributed by atoms with Crippen molar-refractivity contribution in [1.29, 1.82) is 0 Å². The molecule has 0 saturated heterocycles. The average Bonchev–Trinajstić information content (AvgIpc) is 2.69. The minimum absolute atomic E-state index is 0.149. The first-order chi connectivity index (χ1) is 14.6. The van der Waals surface area contributed by atoms with Gasteiger partial charge in [-0.2, -0.15) is 0 Å². The standard InChI is InChI=1S/C23H31NO7/c1-22(2)23(27)12-11-17(21(25)26)15-19(23)18-10-9-16(14-20(18)31-22)8-6-4-3-5-7-13-30-24(28)29/h9-10,14-15,19,27H,3-8,11-13H2,1-2H3,(H,25,26)/t19-,23-/m1/s1. The van der Waals surface area contributed by atoms with Crippen LogP contribution in [-0.2, 0) is 16.1 Å². The van der Waals surface area contributed by atoms with Crippen LogP contribution in [0.25, 0.3) is 0 Å². The highest BCUT2D eigenvalue weighted by Gasteiger charge is 2.56. The number of carboxylic acids is 1. The molecule has 8 heteroatoms. The predicted molar refractivity (Wildman–Crippen MR) is 114 cm³/mol. The van der Waals surface area contributed by atoms with Crippen molar-refractivity contribution in [3.63, 3.8) is 0 Å². The number of nitrogens with zero attached hydrogens (tertiary/aromatic N) is 1. The molecule has 1 aliphatic heterocycles. The van der Waals surface area contributed by atoms with Gasteiger partial charge >= 0.3 is 5.97 Å². The van der Waals surface area contributed by atoms with Crippen molar-refractivity contribution in [3.8, 4) is 5.75 Å². The molecule has 31 heavy (non-hydrogen) atoms. The number of aliphatic carboxylic acids is 1. The van der Waals surface area contributed by atoms with Crippen LogP contribution >= 0.6 is 0 Å². The maximum Gasteiger partial charge on any atom is 0.331 e. The Balaban J connectivity index is 1.63. The molecule has 0 bridgehead atoms. The van der Waals surface area contributed by atoms with Crippen LogP contribution in [0.3, 0.4) is 0 Å². The van der Waals surface area contributed by atoms with Gasteiger partial charge in [-0.3, -0.25) is 0 Å². The molecule has 0 spiro atoms. The fourth-order valence-electron chi connectivity index (χ4n) is 4.65. The molecule has 0 unspecified atom stereocenters. The van der Waals surface area contributed by atoms with Gasteiger partial charge in [0.1, 0.15) is 17.0 Å². The topological polar surface area (TPSA) is 119 Å². The molecule has 1 aromatic carbocycles. The van der Waals surface area contributed by atoms with Crippen LogP contribution in [0.2, 0.25) is 0 Å². The fraction of sp³-hybridized carbons (Fsp3) is 0.609. The highest BCUT2D eigenvalue weighted by Crippen LogP contribution is 2.53. The van der Waals surface area contributed by atoms with Crippen LogP contribution in [0, 0.1) is 10.1 Å². The Bertz CT molecular complexity index is 863. The van der Waals surface area contributed by atoms with E-state index in [1.165, 1.54) is 0 Å². The molecule has 0 saturated carbocycles. The fourth-order valence-corrected chi connectivity index (χ4v) is 4.65. The summed E-state index contributed by atoms with van der Waals surface area (Å²) >= 11 is 0. The molecular formula is C23H31NO7. The van der Waals surface area contributed by atoms with Gasteiger partial charge in [0.15, 0.2) is 0 Å². The summed E-state index contributed by atoms with van der Waals surface area (Å²) in [4.78, 5) is 25.9. The second-order valence-electron chi connectivity index (χ2n) is 8.96. The van der Waals surface area contributed by atoms with Crippen LogP contribution in [0.5, 0.6) is 5.75 Å². The Labute approximate surface area is 182 Å². The molecule has 2 N–H and O–H groups in total. The summed E-state index contributed by atoms with van der Waals surface area (Å²) in [7, 11) is 0. The molecule has 1 heterocycles. The number of aliphatic hydroxyl groups is 1. The maximum absolute atomic E-state index is 11.5. The summed E-state index contributed by atoms with van der Waals surface area (Å²) in [6, 6.07) is 5.98. The molecule has 170 valence electrons. The number of carbonyl (C=O) groups is 1. The second-order valence-corrected chi connectivity index (χ2v) is 8.96. The van der Waals surface area contributed by atoms with E-state index in [1.54, 1.807) is 6.08 Å². The minimum atomic E-state index is -1.15. The zero-order chi connectivity index (χ0) is 22.6. The first-order valence-corrected chi connectivity index (χ1v) is 10.9. The minimum Gasteiger partial charge on any atom is -0.485 e. The summed E-state index contributed by atoms with van der Waals surface area (Å²) in [6.45, 7) is 3.87. The third-order valence-corrected chi connectivity index (χ3v) is 6.56. The van der Waals surface area contributed by atoms with Gasteiger partial charge in [-0.05, 0) is 57.6 Å². The quantitative estimate of drug-likeness (QED) is 0.323. The van der Waals surface area contributed by atoms with Gasteiger partial charge in [0.2, 0.25) is 0 Å². The van der Waals surface area contributed by atoms with E-state index < -0.39 is 28.2 Å². The van der Waals surface area contributed by atoms with E-state index in [2.05, 4.69) is 4.84 Å². The van der Waals surface area contributed by atoms with Crippen molar-refractivity contribution in [3.05, 3.63) is 51.1 Å². The number of aryl methyl sites for hydroxylation is 1. The van der Waals surface area contributed by atoms with Crippen LogP contribution in [0.15, 0.2) is 29.8 Å². The van der Waals surface area contributed by atoms with Crippen LogP contribution in [0.1, 0.15) is 75.8 Å². The van der Waals surface area contributed by atoms with Gasteiger partial charge in [0.25, 0.3) is 5.09 Å². The zero-order valence-corrected chi connectivity index (χ0v) is 18.1. The molecule has 1 aliphatic carbocycles. The monoisotopic (exact) mass is 433 g/mol. The number of hydrogen-bond donors (Lipinski definition) is 2. The van der Waals surface area contributed by atoms with E-state index in [0.717, 1.165) is 43.2 Å². The van der Waals surface area contributed by atoms with Crippen LogP contribution in [0.4, 0.5) is 0 Å². The lowest BCUT2D eigenvalue weighted by molar-refractivity contribution is -0.757. The molecular weight excluding hydrogens is 402 g/mol. The largest absolute Gasteiger partial charge is 0.485 e. The smallest absolute Gasteiger partial charge is 0.331 e. The van der Waals surface area contributed by atoms with E-state index in [-0.39, 0.29) is 6.61 Å². The number of ether oxygens (including phenoxy) is 1. The van der Waals surface area contributed by atoms with Gasteiger partial charge in [-0.1, -0.05) is 37.5 Å². The van der Waals surface area contributed by atoms with Gasteiger partial charge < -0.3 is 19.8 Å². The number of benzene rings is 1. The lowest BCUT2D eigenvalue weighted by Gasteiger charge is -2.52. The predicted octanol–water partition coefficient (Wildman–Crippen LogP) is 4.18. The summed E-state index contributed by atoms with van der Waals surface area (Å²) in [5.74, 6) is -0.645. The van der Waals surface area contributed by atoms with Gasteiger partial charge in [-0.25, -0.2) is 4.79 Å². The van der Waals surface area contributed by atoms with Crippen molar-refractivity contribution in [2.75, 3.05) is 6.61 Å². The Kier molecular flexibility index (Phi) is 6.89. The summed E-state index contributed by atoms with van der Waals surface area (Å²) in [6.07, 6.45) is 7.83. The zero-order valence-electron chi connectivity index (χ0n) is 18.1. The van der Waals surface area contributed by atoms with E-state index >= 15 is 0 Å². The third kappa shape index (κ3) is 5.01. The number of hydrogen-bond acceptors (Lipinski definition) is 6. The van der Waals surface area contributed by atoms with Crippen molar-refractivity contribution in [2.24, 2.45) is 0 Å². The van der Waals surface area contributed by atoms with Gasteiger partial charge in [0, 0.05) is 17.1 Å². The van der Waals surface area contributed by atoms with Crippen LogP contribution in [-0.4, -0.2) is 39.1 Å². The summed E-state index contributed by atoms with van der Waals surface area (Å²) in [5, 5.41) is 30.2. The van der Waals surface area contributed by atoms with E-state index in [1.807, 2.05) is 32.0 Å². The molecule has 3 rings (SSSR count). The van der Waals surface area contributed by atoms with Crippen molar-refractivity contribution >= 4 is 5.97 Å². The Morgan fingerprint density at radius 3 is 2.68 bits per heavy atom. The Hall–Kier alpha value is -2.61. The van der Waals surface area contributed by atoms with E-state index in [0.29, 0.717) is 30.6 Å². The summed E-state index contributed by atoms with van der Waals surface area (Å²) in [5.41, 5.74) is 0.311. The number of unbranched alkanes of at least 4 members (excludes halogenated alkanes) is 4. The van der Waals surface area contributed by atoms with Gasteiger partial charge in [0.05, 0.1) is 6.61 Å². The Morgan fingerprint density at radius 1 is 1.26 bits per heavy atom. The first kappa shape index (κ1) is 23.1. The van der Waals surface area contributed by atoms with Crippen molar-refractivity contribution in [1.82, 2.24) is 0 Å². The summed E-state index contributed by atoms with van der Waals surface area (Å²) < 4.78 is 6.22. The third-order valence-electron chi connectivity index (χ3n) is 6.56. The number of carboxylic acid groups (broad SMARTS) is 1. The molecule has 8 nitrogen and oxygen atoms in total. The van der Waals surface area contributed by atoms with Gasteiger partial charge in [-0.15, -0.1) is 10.1 Å². The molecule has 0 fully saturated rings. The normalized spacial score (nSPS) is 23.7. The maximum atomic E-state index is 11.5. The second kappa shape index (κ2) is 9.26. The first-order valence-electron chi connectivity index (χ1n) is 10.9. The Morgan fingerprint density at radius 2 is 1.97 bits per heavy atom. The number of fused-ring (bicyclic) bond motifs is 3. The number of rotatable bonds is 10. The molecule has 0 aromatic heterocycles. The molecule has 2 atom stereocenters. The van der Waals surface area contributed by atoms with E-state index in [9.17, 15) is 25.1 Å². The highest BCUT2D eigenvalue weighted by molar-refractivity contribution is 5.87. The average molecular weight is 434 g/mol. The SMILES string of the molecule is CC1(C)Oc2cc(CCCCCCCO[N+](=O)[O-])ccc2[C@H]2C=C(C(=O)O)CC[C@@]21O. The lowest BCUT2D eigenvalue weighted by atomic mass is 9.64. The molecule has 2 aliphatic rings. The lowest BCUT2D eigenvalue weighted by Crippen LogP contribution is -2.60. The molecule has 0 radical (unpaired) electrons. The molecule has 0 amide bonds. The van der Waals surface area contributed by atoms with Crippen molar-refractivity contribution in [2.45, 2.75) is 82.3 Å².